The van der Waals surface area contributed by atoms with E-state index >= 15 is 0 Å². The molecule has 1 aromatic rings. The molecule has 1 fully saturated rings. The second-order valence-corrected chi connectivity index (χ2v) is 7.37. The summed E-state index contributed by atoms with van der Waals surface area (Å²) in [5.74, 6) is 2.37. The van der Waals surface area contributed by atoms with Crippen molar-refractivity contribution in [2.24, 2.45) is 17.8 Å². The molecule has 1 aliphatic rings. The zero-order valence-corrected chi connectivity index (χ0v) is 14.5. The van der Waals surface area contributed by atoms with Gasteiger partial charge < -0.3 is 10.2 Å². The van der Waals surface area contributed by atoms with Gasteiger partial charge >= 0.3 is 0 Å². The van der Waals surface area contributed by atoms with Crippen LogP contribution in [0, 0.1) is 17.8 Å². The van der Waals surface area contributed by atoms with E-state index in [2.05, 4.69) is 50.3 Å². The predicted octanol–water partition coefficient (Wildman–Crippen LogP) is 4.04. The summed E-state index contributed by atoms with van der Waals surface area (Å²) >= 11 is 5.95. The highest BCUT2D eigenvalue weighted by Crippen LogP contribution is 2.34. The molecule has 118 valence electrons. The van der Waals surface area contributed by atoms with Crippen molar-refractivity contribution in [3.8, 4) is 0 Å². The van der Waals surface area contributed by atoms with Crippen LogP contribution in [0.1, 0.15) is 32.3 Å². The lowest BCUT2D eigenvalue weighted by Crippen LogP contribution is -2.47. The van der Waals surface area contributed by atoms with E-state index in [0.29, 0.717) is 6.04 Å². The van der Waals surface area contributed by atoms with Crippen LogP contribution in [0.15, 0.2) is 24.3 Å². The maximum absolute atomic E-state index is 5.95. The van der Waals surface area contributed by atoms with Gasteiger partial charge in [-0.3, -0.25) is 0 Å². The molecule has 1 N–H and O–H groups in total. The second kappa shape index (κ2) is 7.62. The highest BCUT2D eigenvalue weighted by molar-refractivity contribution is 6.30. The van der Waals surface area contributed by atoms with Crippen molar-refractivity contribution in [2.75, 3.05) is 20.6 Å². The van der Waals surface area contributed by atoms with Gasteiger partial charge in [0, 0.05) is 24.2 Å². The minimum Gasteiger partial charge on any atom is -0.317 e. The zero-order valence-electron chi connectivity index (χ0n) is 13.8. The van der Waals surface area contributed by atoms with Crippen molar-refractivity contribution < 1.29 is 0 Å². The average Bonchev–Trinajstić information content (AvgIpc) is 2.44. The minimum absolute atomic E-state index is 0.649. The molecule has 0 amide bonds. The van der Waals surface area contributed by atoms with Crippen molar-refractivity contribution in [3.63, 3.8) is 0 Å². The maximum Gasteiger partial charge on any atom is 0.0406 e. The number of nitrogens with zero attached hydrogens (tertiary/aromatic N) is 1. The van der Waals surface area contributed by atoms with Crippen LogP contribution in [-0.4, -0.2) is 31.6 Å². The minimum atomic E-state index is 0.649. The molecule has 2 nitrogen and oxygen atoms in total. The Bertz CT molecular complexity index is 431. The lowest BCUT2D eigenvalue weighted by atomic mass is 9.72. The van der Waals surface area contributed by atoms with Gasteiger partial charge in [0.05, 0.1) is 0 Å². The Morgan fingerprint density at radius 2 is 1.86 bits per heavy atom. The largest absolute Gasteiger partial charge is 0.317 e. The fourth-order valence-electron chi connectivity index (χ4n) is 3.88. The van der Waals surface area contributed by atoms with Gasteiger partial charge in [-0.05, 0) is 62.4 Å². The standard InChI is InChI=1S/C18H29ClN2/c1-13-9-14(2)17(18(10-13)20-3)12-21(4)11-15-5-7-16(19)8-6-15/h5-8,13-14,17-18,20H,9-12H2,1-4H3. The van der Waals surface area contributed by atoms with Crippen LogP contribution in [0.4, 0.5) is 0 Å². The quantitative estimate of drug-likeness (QED) is 0.883. The molecule has 1 saturated carbocycles. The molecule has 0 bridgehead atoms. The normalized spacial score (nSPS) is 29.8. The van der Waals surface area contributed by atoms with Gasteiger partial charge in [0.15, 0.2) is 0 Å². The van der Waals surface area contributed by atoms with E-state index in [9.17, 15) is 0 Å². The molecule has 0 saturated heterocycles. The molecule has 0 spiro atoms. The molecular formula is C18H29ClN2. The summed E-state index contributed by atoms with van der Waals surface area (Å²) in [4.78, 5) is 2.45. The summed E-state index contributed by atoms with van der Waals surface area (Å²) in [6, 6.07) is 8.86. The van der Waals surface area contributed by atoms with Gasteiger partial charge in [-0.15, -0.1) is 0 Å². The van der Waals surface area contributed by atoms with E-state index in [0.717, 1.165) is 35.9 Å². The number of benzene rings is 1. The summed E-state index contributed by atoms with van der Waals surface area (Å²) < 4.78 is 0. The van der Waals surface area contributed by atoms with E-state index in [1.54, 1.807) is 0 Å². The van der Waals surface area contributed by atoms with Crippen molar-refractivity contribution in [2.45, 2.75) is 39.3 Å². The van der Waals surface area contributed by atoms with Crippen LogP contribution in [0.2, 0.25) is 5.02 Å². The van der Waals surface area contributed by atoms with Gasteiger partial charge in [0.2, 0.25) is 0 Å². The zero-order chi connectivity index (χ0) is 15.4. The molecule has 1 aliphatic carbocycles. The van der Waals surface area contributed by atoms with Crippen LogP contribution in [0.3, 0.4) is 0 Å². The third-order valence-electron chi connectivity index (χ3n) is 4.94. The first-order chi connectivity index (χ1) is 9.99. The van der Waals surface area contributed by atoms with E-state index in [-0.39, 0.29) is 0 Å². The molecule has 4 unspecified atom stereocenters. The molecule has 3 heteroatoms. The van der Waals surface area contributed by atoms with Gasteiger partial charge in [0.1, 0.15) is 0 Å². The van der Waals surface area contributed by atoms with Crippen LogP contribution in [0.25, 0.3) is 0 Å². The Hall–Kier alpha value is -0.570. The molecule has 21 heavy (non-hydrogen) atoms. The number of halogens is 1. The van der Waals surface area contributed by atoms with Crippen molar-refractivity contribution in [1.29, 1.82) is 0 Å². The molecule has 1 aromatic carbocycles. The molecule has 0 aliphatic heterocycles. The molecule has 2 rings (SSSR count). The second-order valence-electron chi connectivity index (χ2n) is 6.94. The number of nitrogens with one attached hydrogen (secondary N) is 1. The van der Waals surface area contributed by atoms with Gasteiger partial charge in [-0.1, -0.05) is 37.6 Å². The predicted molar refractivity (Wildman–Crippen MR) is 91.7 cm³/mol. The highest BCUT2D eigenvalue weighted by atomic mass is 35.5. The van der Waals surface area contributed by atoms with E-state index < -0.39 is 0 Å². The smallest absolute Gasteiger partial charge is 0.0406 e. The summed E-state index contributed by atoms with van der Waals surface area (Å²) in [7, 11) is 4.34. The highest BCUT2D eigenvalue weighted by Gasteiger charge is 2.33. The number of hydrogen-bond donors (Lipinski definition) is 1. The Morgan fingerprint density at radius 3 is 2.48 bits per heavy atom. The van der Waals surface area contributed by atoms with E-state index in [4.69, 9.17) is 11.6 Å². The first-order valence-corrected chi connectivity index (χ1v) is 8.47. The van der Waals surface area contributed by atoms with Crippen LogP contribution < -0.4 is 5.32 Å². The van der Waals surface area contributed by atoms with Crippen molar-refractivity contribution in [1.82, 2.24) is 10.2 Å². The van der Waals surface area contributed by atoms with Crippen LogP contribution >= 0.6 is 11.6 Å². The van der Waals surface area contributed by atoms with Gasteiger partial charge in [0.25, 0.3) is 0 Å². The molecule has 0 radical (unpaired) electrons. The summed E-state index contributed by atoms with van der Waals surface area (Å²) in [6.45, 7) is 6.95. The summed E-state index contributed by atoms with van der Waals surface area (Å²) in [5, 5.41) is 4.36. The first kappa shape index (κ1) is 16.8. The van der Waals surface area contributed by atoms with Crippen LogP contribution in [0.5, 0.6) is 0 Å². The maximum atomic E-state index is 5.95. The van der Waals surface area contributed by atoms with E-state index in [1.165, 1.54) is 18.4 Å². The fourth-order valence-corrected chi connectivity index (χ4v) is 4.00. The first-order valence-electron chi connectivity index (χ1n) is 8.09. The Morgan fingerprint density at radius 1 is 1.19 bits per heavy atom. The lowest BCUT2D eigenvalue weighted by molar-refractivity contribution is 0.113. The Balaban J connectivity index is 1.94. The van der Waals surface area contributed by atoms with Crippen molar-refractivity contribution >= 4 is 11.6 Å². The van der Waals surface area contributed by atoms with Crippen molar-refractivity contribution in [3.05, 3.63) is 34.9 Å². The Kier molecular flexibility index (Phi) is 6.09. The molecular weight excluding hydrogens is 280 g/mol. The summed E-state index contributed by atoms with van der Waals surface area (Å²) in [5.41, 5.74) is 1.33. The third kappa shape index (κ3) is 4.70. The third-order valence-corrected chi connectivity index (χ3v) is 5.19. The van der Waals surface area contributed by atoms with Gasteiger partial charge in [-0.2, -0.15) is 0 Å². The topological polar surface area (TPSA) is 15.3 Å². The number of hydrogen-bond acceptors (Lipinski definition) is 2. The SMILES string of the molecule is CNC1CC(C)CC(C)C1CN(C)Cc1ccc(Cl)cc1. The summed E-state index contributed by atoms with van der Waals surface area (Å²) in [6.07, 6.45) is 2.66. The van der Waals surface area contributed by atoms with Gasteiger partial charge in [-0.25, -0.2) is 0 Å². The molecule has 0 heterocycles. The number of rotatable bonds is 5. The molecule has 0 aromatic heterocycles. The molecule has 4 atom stereocenters. The Labute approximate surface area is 134 Å². The fraction of sp³-hybridized carbons (Fsp3) is 0.667. The average molecular weight is 309 g/mol. The van der Waals surface area contributed by atoms with E-state index in [1.807, 2.05) is 12.1 Å². The monoisotopic (exact) mass is 308 g/mol. The lowest BCUT2D eigenvalue weighted by Gasteiger charge is -2.41. The van der Waals surface area contributed by atoms with Crippen LogP contribution in [-0.2, 0) is 6.54 Å².